The topological polar surface area (TPSA) is 88.5 Å². The summed E-state index contributed by atoms with van der Waals surface area (Å²) in [6.07, 6.45) is 0.874. The Balaban J connectivity index is 1.74. The van der Waals surface area contributed by atoms with Crippen molar-refractivity contribution in [3.05, 3.63) is 95.1 Å². The zero-order valence-corrected chi connectivity index (χ0v) is 25.5. The lowest BCUT2D eigenvalue weighted by atomic mass is 9.95. The number of nitrogens with zero attached hydrogens (tertiary/aromatic N) is 2. The molecule has 228 valence electrons. The van der Waals surface area contributed by atoms with E-state index in [-0.39, 0.29) is 11.3 Å². The number of rotatable bonds is 15. The number of likely N-dealkylation sites (N-methyl/N-ethyl adjacent to an activating group) is 1. The molecule has 0 radical (unpaired) electrons. The van der Waals surface area contributed by atoms with E-state index in [9.17, 15) is 14.7 Å². The molecule has 4 rings (SSSR count). The van der Waals surface area contributed by atoms with Crippen molar-refractivity contribution in [1.82, 2.24) is 9.80 Å². The predicted octanol–water partition coefficient (Wildman–Crippen LogP) is 6.22. The van der Waals surface area contributed by atoms with E-state index >= 15 is 0 Å². The molecule has 0 spiro atoms. The second-order valence-corrected chi connectivity index (χ2v) is 10.3. The number of benzene rings is 3. The normalized spacial score (nSPS) is 16.1. The van der Waals surface area contributed by atoms with Gasteiger partial charge in [-0.2, -0.15) is 0 Å². The van der Waals surface area contributed by atoms with Crippen LogP contribution in [-0.2, 0) is 16.2 Å². The average Bonchev–Trinajstić information content (AvgIpc) is 3.29. The third kappa shape index (κ3) is 7.56. The van der Waals surface area contributed by atoms with Crippen LogP contribution in [0.3, 0.4) is 0 Å². The van der Waals surface area contributed by atoms with Crippen LogP contribution < -0.4 is 14.2 Å². The highest BCUT2D eigenvalue weighted by atomic mass is 16.5. The van der Waals surface area contributed by atoms with E-state index in [1.807, 2.05) is 50.2 Å². The van der Waals surface area contributed by atoms with Crippen LogP contribution in [0.2, 0.25) is 0 Å². The summed E-state index contributed by atoms with van der Waals surface area (Å²) in [6, 6.07) is 21.4. The molecule has 3 aromatic rings. The van der Waals surface area contributed by atoms with Crippen LogP contribution in [0.15, 0.2) is 78.4 Å². The summed E-state index contributed by atoms with van der Waals surface area (Å²) in [6.45, 7) is 11.9. The molecule has 1 heterocycles. The Hall–Kier alpha value is -4.30. The average molecular weight is 587 g/mol. The number of hydrogen-bond acceptors (Lipinski definition) is 7. The second kappa shape index (κ2) is 15.3. The molecule has 1 aliphatic rings. The highest BCUT2D eigenvalue weighted by Gasteiger charge is 2.46. The number of hydrogen-bond donors (Lipinski definition) is 1. The van der Waals surface area contributed by atoms with Gasteiger partial charge >= 0.3 is 0 Å². The lowest BCUT2D eigenvalue weighted by Gasteiger charge is -2.28. The number of likely N-dealkylation sites (tertiary alicyclic amines) is 1. The van der Waals surface area contributed by atoms with Gasteiger partial charge in [-0.3, -0.25) is 9.59 Å². The number of aliphatic hydroxyl groups excluding tert-OH is 1. The van der Waals surface area contributed by atoms with Crippen molar-refractivity contribution in [2.24, 2.45) is 0 Å². The van der Waals surface area contributed by atoms with Crippen molar-refractivity contribution in [2.45, 2.75) is 46.8 Å². The number of ether oxygens (including phenoxy) is 3. The Labute approximate surface area is 254 Å². The van der Waals surface area contributed by atoms with Crippen molar-refractivity contribution in [3.8, 4) is 17.2 Å². The molecular formula is C35H42N2O6. The van der Waals surface area contributed by atoms with Gasteiger partial charge in [0.05, 0.1) is 24.8 Å². The van der Waals surface area contributed by atoms with Crippen LogP contribution >= 0.6 is 0 Å². The lowest BCUT2D eigenvalue weighted by molar-refractivity contribution is -0.140. The van der Waals surface area contributed by atoms with Crippen LogP contribution in [-0.4, -0.2) is 66.0 Å². The molecule has 0 aliphatic carbocycles. The largest absolute Gasteiger partial charge is 0.507 e. The Morgan fingerprint density at radius 2 is 1.58 bits per heavy atom. The lowest BCUT2D eigenvalue weighted by Crippen LogP contribution is -2.38. The van der Waals surface area contributed by atoms with Gasteiger partial charge in [0.2, 0.25) is 0 Å². The first-order valence-corrected chi connectivity index (χ1v) is 15.1. The van der Waals surface area contributed by atoms with Crippen molar-refractivity contribution in [2.75, 3.05) is 39.4 Å². The van der Waals surface area contributed by atoms with Gasteiger partial charge in [-0.15, -0.1) is 0 Å². The molecular weight excluding hydrogens is 544 g/mol. The molecule has 1 aliphatic heterocycles. The minimum Gasteiger partial charge on any atom is -0.507 e. The minimum absolute atomic E-state index is 0.0483. The van der Waals surface area contributed by atoms with Crippen molar-refractivity contribution in [3.63, 3.8) is 0 Å². The van der Waals surface area contributed by atoms with E-state index in [0.29, 0.717) is 61.3 Å². The molecule has 0 aromatic heterocycles. The van der Waals surface area contributed by atoms with Gasteiger partial charge in [0.1, 0.15) is 18.1 Å². The van der Waals surface area contributed by atoms with Gasteiger partial charge in [-0.1, -0.05) is 57.2 Å². The van der Waals surface area contributed by atoms with Gasteiger partial charge in [0, 0.05) is 18.7 Å². The fourth-order valence-corrected chi connectivity index (χ4v) is 5.15. The molecule has 1 fully saturated rings. The molecule has 0 bridgehead atoms. The molecule has 1 unspecified atom stereocenters. The molecule has 1 atom stereocenters. The van der Waals surface area contributed by atoms with Crippen molar-refractivity contribution in [1.29, 1.82) is 0 Å². The van der Waals surface area contributed by atoms with Crippen molar-refractivity contribution < 1.29 is 28.9 Å². The van der Waals surface area contributed by atoms with Gasteiger partial charge < -0.3 is 29.1 Å². The minimum atomic E-state index is -0.797. The maximum Gasteiger partial charge on any atom is 0.295 e. The SMILES string of the molecule is CCCOc1ccc(C(O)=C2C(=O)C(=O)N(CCN(CC)CC)C2c2ccc(OCc3ccccc3)c(OCC)c2)cc1. The summed E-state index contributed by atoms with van der Waals surface area (Å²) >= 11 is 0. The smallest absolute Gasteiger partial charge is 0.295 e. The number of carbonyl (C=O) groups excluding carboxylic acids is 2. The Bertz CT molecular complexity index is 1400. The number of ketones is 1. The molecule has 0 saturated carbocycles. The molecule has 43 heavy (non-hydrogen) atoms. The first kappa shape index (κ1) is 31.6. The van der Waals surface area contributed by atoms with Gasteiger partial charge in [0.25, 0.3) is 11.7 Å². The molecule has 8 nitrogen and oxygen atoms in total. The first-order chi connectivity index (χ1) is 20.9. The maximum atomic E-state index is 13.5. The zero-order chi connectivity index (χ0) is 30.8. The Morgan fingerprint density at radius 1 is 0.860 bits per heavy atom. The summed E-state index contributed by atoms with van der Waals surface area (Å²) in [4.78, 5) is 30.8. The van der Waals surface area contributed by atoms with Crippen molar-refractivity contribution >= 4 is 17.4 Å². The number of aliphatic hydroxyl groups is 1. The second-order valence-electron chi connectivity index (χ2n) is 10.3. The Kier molecular flexibility index (Phi) is 11.2. The number of amides is 1. The maximum absolute atomic E-state index is 13.5. The molecule has 1 N–H and O–H groups in total. The summed E-state index contributed by atoms with van der Waals surface area (Å²) in [5.74, 6) is 0.153. The van der Waals surface area contributed by atoms with Gasteiger partial charge in [-0.25, -0.2) is 0 Å². The van der Waals surface area contributed by atoms with Crippen LogP contribution in [0.25, 0.3) is 5.76 Å². The first-order valence-electron chi connectivity index (χ1n) is 15.1. The molecule has 8 heteroatoms. The highest BCUT2D eigenvalue weighted by Crippen LogP contribution is 2.42. The Morgan fingerprint density at radius 3 is 2.23 bits per heavy atom. The summed E-state index contributed by atoms with van der Waals surface area (Å²) < 4.78 is 17.7. The highest BCUT2D eigenvalue weighted by molar-refractivity contribution is 6.46. The third-order valence-electron chi connectivity index (χ3n) is 7.51. The summed E-state index contributed by atoms with van der Waals surface area (Å²) in [5.41, 5.74) is 2.15. The van der Waals surface area contributed by atoms with Gasteiger partial charge in [0.15, 0.2) is 11.5 Å². The zero-order valence-electron chi connectivity index (χ0n) is 25.5. The monoisotopic (exact) mass is 586 g/mol. The van der Waals surface area contributed by atoms with E-state index in [0.717, 1.165) is 25.1 Å². The summed E-state index contributed by atoms with van der Waals surface area (Å²) in [5, 5.41) is 11.5. The van der Waals surface area contributed by atoms with Gasteiger partial charge in [-0.05, 0) is 74.0 Å². The van der Waals surface area contributed by atoms with Crippen LogP contribution in [0.5, 0.6) is 17.2 Å². The number of carbonyl (C=O) groups is 2. The van der Waals surface area contributed by atoms with E-state index in [4.69, 9.17) is 14.2 Å². The molecule has 3 aromatic carbocycles. The van der Waals surface area contributed by atoms with E-state index in [2.05, 4.69) is 18.7 Å². The predicted molar refractivity (Wildman–Crippen MR) is 167 cm³/mol. The summed E-state index contributed by atoms with van der Waals surface area (Å²) in [7, 11) is 0. The van der Waals surface area contributed by atoms with E-state index < -0.39 is 17.7 Å². The fraction of sp³-hybridized carbons (Fsp3) is 0.371. The quantitative estimate of drug-likeness (QED) is 0.129. The van der Waals surface area contributed by atoms with Crippen LogP contribution in [0.4, 0.5) is 0 Å². The van der Waals surface area contributed by atoms with Crippen LogP contribution in [0.1, 0.15) is 56.8 Å². The number of Topliss-reactive ketones (excluding diaryl/α,β-unsaturated/α-hetero) is 1. The third-order valence-corrected chi connectivity index (χ3v) is 7.51. The fourth-order valence-electron chi connectivity index (χ4n) is 5.15. The molecule has 1 saturated heterocycles. The van der Waals surface area contributed by atoms with E-state index in [1.165, 1.54) is 0 Å². The van der Waals surface area contributed by atoms with Crippen LogP contribution in [0, 0.1) is 0 Å². The van der Waals surface area contributed by atoms with E-state index in [1.54, 1.807) is 41.3 Å². The standard InChI is InChI=1S/C35H42N2O6/c1-5-22-42-28-17-14-26(15-18-28)33(38)31-32(37(35(40)34(31)39)21-20-36(6-2)7-3)27-16-19-29(30(23-27)41-8-4)43-24-25-12-10-9-11-13-25/h9-19,23,32,38H,5-8,20-22,24H2,1-4H3. The molecule has 1 amide bonds.